The number of carbonyl (C=O) groups is 1. The minimum atomic E-state index is -0.312. The van der Waals surface area contributed by atoms with Crippen molar-refractivity contribution in [3.05, 3.63) is 95.6 Å². The molecule has 3 aromatic rings. The predicted molar refractivity (Wildman–Crippen MR) is 132 cm³/mol. The molecule has 0 spiro atoms. The Kier molecular flexibility index (Phi) is 7.04. The Morgan fingerprint density at radius 2 is 1.71 bits per heavy atom. The smallest absolute Gasteiger partial charge is 0.237 e. The first-order valence-electron chi connectivity index (χ1n) is 11.7. The second kappa shape index (κ2) is 10.1. The van der Waals surface area contributed by atoms with Crippen molar-refractivity contribution >= 4 is 5.91 Å². The molecule has 1 fully saturated rings. The summed E-state index contributed by atoms with van der Waals surface area (Å²) in [5.74, 6) is -0.0676. The van der Waals surface area contributed by atoms with Crippen LogP contribution in [0.25, 0.3) is 0 Å². The van der Waals surface area contributed by atoms with E-state index < -0.39 is 0 Å². The highest BCUT2D eigenvalue weighted by Crippen LogP contribution is 2.43. The molecule has 1 aliphatic heterocycles. The second-order valence-corrected chi connectivity index (χ2v) is 9.87. The number of amides is 1. The van der Waals surface area contributed by atoms with Crippen LogP contribution >= 0.6 is 0 Å². The van der Waals surface area contributed by atoms with Crippen molar-refractivity contribution < 1.29 is 4.79 Å². The van der Waals surface area contributed by atoms with Gasteiger partial charge in [-0.2, -0.15) is 5.26 Å². The maximum Gasteiger partial charge on any atom is 0.237 e. The van der Waals surface area contributed by atoms with E-state index in [0.717, 1.165) is 36.1 Å². The number of hydrogen-bond donors (Lipinski definition) is 1. The third kappa shape index (κ3) is 5.32. The molecule has 0 radical (unpaired) electrons. The van der Waals surface area contributed by atoms with Gasteiger partial charge in [-0.1, -0.05) is 24.3 Å². The highest BCUT2D eigenvalue weighted by Gasteiger charge is 2.41. The van der Waals surface area contributed by atoms with Crippen LogP contribution in [-0.2, 0) is 4.79 Å². The van der Waals surface area contributed by atoms with E-state index in [2.05, 4.69) is 44.5 Å². The van der Waals surface area contributed by atoms with E-state index in [4.69, 9.17) is 0 Å². The molecule has 1 N–H and O–H groups in total. The molecule has 1 aromatic carbocycles. The minimum absolute atomic E-state index is 0.0440. The van der Waals surface area contributed by atoms with E-state index in [1.54, 1.807) is 12.4 Å². The van der Waals surface area contributed by atoms with E-state index in [1.165, 1.54) is 0 Å². The number of carbonyl (C=O) groups excluding carboxylic acids is 1. The number of nitriles is 1. The van der Waals surface area contributed by atoms with E-state index in [1.807, 2.05) is 63.5 Å². The average molecular weight is 454 g/mol. The zero-order valence-electron chi connectivity index (χ0n) is 20.0. The van der Waals surface area contributed by atoms with Crippen molar-refractivity contribution in [2.75, 3.05) is 6.54 Å². The SMILES string of the molecule is CC(C)(C)NC(=O)[C@@H]1CCCN1C(c1cccc(C#N)c1)C(c1cccnc1)c1cccnc1. The van der Waals surface area contributed by atoms with Gasteiger partial charge in [0.2, 0.25) is 5.91 Å². The van der Waals surface area contributed by atoms with Crippen LogP contribution in [-0.4, -0.2) is 38.9 Å². The van der Waals surface area contributed by atoms with Gasteiger partial charge in [-0.15, -0.1) is 0 Å². The molecule has 1 amide bonds. The fourth-order valence-corrected chi connectivity index (χ4v) is 4.90. The van der Waals surface area contributed by atoms with Crippen molar-refractivity contribution in [3.63, 3.8) is 0 Å². The summed E-state index contributed by atoms with van der Waals surface area (Å²) in [4.78, 5) is 24.5. The van der Waals surface area contributed by atoms with Crippen molar-refractivity contribution in [2.24, 2.45) is 0 Å². The number of rotatable bonds is 6. The summed E-state index contributed by atoms with van der Waals surface area (Å²) in [6.45, 7) is 6.81. The van der Waals surface area contributed by atoms with Gasteiger partial charge in [0.25, 0.3) is 0 Å². The lowest BCUT2D eigenvalue weighted by molar-refractivity contribution is -0.127. The summed E-state index contributed by atoms with van der Waals surface area (Å²) in [6.07, 6.45) is 9.04. The lowest BCUT2D eigenvalue weighted by Crippen LogP contribution is -2.51. The largest absolute Gasteiger partial charge is 0.350 e. The minimum Gasteiger partial charge on any atom is -0.350 e. The van der Waals surface area contributed by atoms with Crippen LogP contribution in [0.5, 0.6) is 0 Å². The third-order valence-corrected chi connectivity index (χ3v) is 6.21. The molecular weight excluding hydrogens is 422 g/mol. The summed E-state index contributed by atoms with van der Waals surface area (Å²) >= 11 is 0. The quantitative estimate of drug-likeness (QED) is 0.590. The van der Waals surface area contributed by atoms with Gasteiger partial charge in [-0.3, -0.25) is 19.7 Å². The van der Waals surface area contributed by atoms with E-state index in [0.29, 0.717) is 5.56 Å². The van der Waals surface area contributed by atoms with Crippen molar-refractivity contribution in [2.45, 2.75) is 57.2 Å². The first-order valence-corrected chi connectivity index (χ1v) is 11.7. The Labute approximate surface area is 201 Å². The van der Waals surface area contributed by atoms with Gasteiger partial charge in [0, 0.05) is 42.3 Å². The third-order valence-electron chi connectivity index (χ3n) is 6.21. The predicted octanol–water partition coefficient (Wildman–Crippen LogP) is 4.60. The molecular formula is C28H31N5O. The highest BCUT2D eigenvalue weighted by atomic mass is 16.2. The number of nitrogens with one attached hydrogen (secondary N) is 1. The van der Waals surface area contributed by atoms with E-state index in [9.17, 15) is 10.1 Å². The topological polar surface area (TPSA) is 81.9 Å². The van der Waals surface area contributed by atoms with Gasteiger partial charge in [0.15, 0.2) is 0 Å². The standard InChI is InChI=1S/C28H31N5O/c1-28(2,3)32-27(34)24-12-7-15-33(24)26(21-9-4-8-20(16-21)17-29)25(22-10-5-13-30-18-22)23-11-6-14-31-19-23/h4-6,8-11,13-14,16,18-19,24-26H,7,12,15H2,1-3H3,(H,32,34)/t24-,26?/m0/s1. The molecule has 6 heteroatoms. The van der Waals surface area contributed by atoms with Crippen LogP contribution in [0.15, 0.2) is 73.3 Å². The molecule has 1 saturated heterocycles. The molecule has 3 heterocycles. The van der Waals surface area contributed by atoms with E-state index in [-0.39, 0.29) is 29.4 Å². The highest BCUT2D eigenvalue weighted by molar-refractivity contribution is 5.82. The fourth-order valence-electron chi connectivity index (χ4n) is 4.90. The lowest BCUT2D eigenvalue weighted by atomic mass is 9.81. The average Bonchev–Trinajstić information content (AvgIpc) is 3.32. The molecule has 4 rings (SSSR count). The zero-order chi connectivity index (χ0) is 24.1. The lowest BCUT2D eigenvalue weighted by Gasteiger charge is -2.39. The summed E-state index contributed by atoms with van der Waals surface area (Å²) in [7, 11) is 0. The fraction of sp³-hybridized carbons (Fsp3) is 0.357. The number of benzene rings is 1. The number of nitrogens with zero attached hydrogens (tertiary/aromatic N) is 4. The molecule has 174 valence electrons. The van der Waals surface area contributed by atoms with Crippen LogP contribution in [0, 0.1) is 11.3 Å². The van der Waals surface area contributed by atoms with Crippen LogP contribution in [0.2, 0.25) is 0 Å². The first kappa shape index (κ1) is 23.6. The Bertz CT molecular complexity index is 1110. The van der Waals surface area contributed by atoms with Gasteiger partial charge in [0.1, 0.15) is 0 Å². The maximum atomic E-state index is 13.4. The number of pyridine rings is 2. The Morgan fingerprint density at radius 3 is 2.26 bits per heavy atom. The van der Waals surface area contributed by atoms with Gasteiger partial charge < -0.3 is 5.32 Å². The van der Waals surface area contributed by atoms with Crippen LogP contribution in [0.4, 0.5) is 0 Å². The summed E-state index contributed by atoms with van der Waals surface area (Å²) in [6, 6.07) is 17.6. The van der Waals surface area contributed by atoms with Gasteiger partial charge in [0.05, 0.1) is 17.7 Å². The van der Waals surface area contributed by atoms with Crippen molar-refractivity contribution in [1.82, 2.24) is 20.2 Å². The van der Waals surface area contributed by atoms with Crippen LogP contribution in [0.1, 0.15) is 67.8 Å². The second-order valence-electron chi connectivity index (χ2n) is 9.87. The summed E-state index contributed by atoms with van der Waals surface area (Å²) in [5.41, 5.74) is 3.39. The number of likely N-dealkylation sites (tertiary alicyclic amines) is 1. The molecule has 34 heavy (non-hydrogen) atoms. The maximum absolute atomic E-state index is 13.4. The first-order chi connectivity index (χ1) is 16.4. The number of hydrogen-bond acceptors (Lipinski definition) is 5. The van der Waals surface area contributed by atoms with Gasteiger partial charge in [-0.05, 0) is 81.1 Å². The normalized spacial score (nSPS) is 17.3. The molecule has 1 unspecified atom stereocenters. The Hall–Kier alpha value is -3.56. The van der Waals surface area contributed by atoms with E-state index >= 15 is 0 Å². The van der Waals surface area contributed by atoms with Gasteiger partial charge >= 0.3 is 0 Å². The zero-order valence-corrected chi connectivity index (χ0v) is 20.0. The van der Waals surface area contributed by atoms with Crippen LogP contribution < -0.4 is 5.32 Å². The molecule has 0 bridgehead atoms. The summed E-state index contributed by atoms with van der Waals surface area (Å²) in [5, 5.41) is 12.8. The van der Waals surface area contributed by atoms with Crippen LogP contribution in [0.3, 0.4) is 0 Å². The molecule has 1 aliphatic rings. The Balaban J connectivity index is 1.86. The Morgan fingerprint density at radius 1 is 1.06 bits per heavy atom. The molecule has 6 nitrogen and oxygen atoms in total. The molecule has 0 aliphatic carbocycles. The summed E-state index contributed by atoms with van der Waals surface area (Å²) < 4.78 is 0. The van der Waals surface area contributed by atoms with Gasteiger partial charge in [-0.25, -0.2) is 0 Å². The monoisotopic (exact) mass is 453 g/mol. The molecule has 2 atom stereocenters. The molecule has 0 saturated carbocycles. The van der Waals surface area contributed by atoms with Crippen molar-refractivity contribution in [1.29, 1.82) is 5.26 Å². The number of aromatic nitrogens is 2. The molecule has 2 aromatic heterocycles. The van der Waals surface area contributed by atoms with Crippen molar-refractivity contribution in [3.8, 4) is 6.07 Å².